The zero-order chi connectivity index (χ0) is 14.4. The minimum Gasteiger partial charge on any atom is -0.464 e. The molecule has 1 aliphatic carbocycles. The van der Waals surface area contributed by atoms with Crippen LogP contribution in [0.3, 0.4) is 0 Å². The van der Waals surface area contributed by atoms with Gasteiger partial charge in [-0.15, -0.1) is 0 Å². The van der Waals surface area contributed by atoms with Crippen LogP contribution in [-0.2, 0) is 0 Å². The van der Waals surface area contributed by atoms with Crippen molar-refractivity contribution in [3.05, 3.63) is 0 Å². The maximum atomic E-state index is 10.1. The molecule has 0 aliphatic heterocycles. The van der Waals surface area contributed by atoms with Crippen LogP contribution in [0, 0.1) is 0 Å². The molecule has 0 aromatic carbocycles. The van der Waals surface area contributed by atoms with Gasteiger partial charge in [0, 0.05) is 7.05 Å². The van der Waals surface area contributed by atoms with Gasteiger partial charge in [0.1, 0.15) is 0 Å². The van der Waals surface area contributed by atoms with Crippen LogP contribution in [0.1, 0.15) is 39.0 Å². The Labute approximate surface area is 119 Å². The number of nitrogens with zero attached hydrogens (tertiary/aromatic N) is 3. The highest BCUT2D eigenvalue weighted by Crippen LogP contribution is 2.21. The van der Waals surface area contributed by atoms with Gasteiger partial charge in [-0.2, -0.15) is 15.0 Å². The van der Waals surface area contributed by atoms with Crippen LogP contribution < -0.4 is 15.4 Å². The summed E-state index contributed by atoms with van der Waals surface area (Å²) in [4.78, 5) is 12.6. The lowest BCUT2D eigenvalue weighted by Gasteiger charge is -2.21. The average Bonchev–Trinajstić information content (AvgIpc) is 2.64. The van der Waals surface area contributed by atoms with Gasteiger partial charge in [0.2, 0.25) is 11.9 Å². The van der Waals surface area contributed by atoms with Crippen molar-refractivity contribution in [1.82, 2.24) is 15.0 Å². The van der Waals surface area contributed by atoms with E-state index in [2.05, 4.69) is 25.6 Å². The van der Waals surface area contributed by atoms with Gasteiger partial charge in [-0.05, 0) is 19.8 Å². The first kappa shape index (κ1) is 14.8. The summed E-state index contributed by atoms with van der Waals surface area (Å²) in [7, 11) is 1.75. The third-order valence-corrected chi connectivity index (χ3v) is 3.41. The molecule has 112 valence electrons. The molecule has 1 fully saturated rings. The van der Waals surface area contributed by atoms with Gasteiger partial charge in [0.25, 0.3) is 0 Å². The van der Waals surface area contributed by atoms with E-state index in [1.165, 1.54) is 6.42 Å². The van der Waals surface area contributed by atoms with Gasteiger partial charge in [0.05, 0.1) is 18.8 Å². The Morgan fingerprint density at radius 1 is 1.15 bits per heavy atom. The van der Waals surface area contributed by atoms with Crippen molar-refractivity contribution in [2.45, 2.75) is 51.2 Å². The molecule has 20 heavy (non-hydrogen) atoms. The number of anilines is 2. The molecule has 2 unspecified atom stereocenters. The van der Waals surface area contributed by atoms with Crippen molar-refractivity contribution in [2.24, 2.45) is 0 Å². The smallest absolute Gasteiger partial charge is 0.323 e. The molecular weight excluding hydrogens is 258 g/mol. The van der Waals surface area contributed by atoms with Crippen molar-refractivity contribution >= 4 is 11.9 Å². The highest BCUT2D eigenvalue weighted by molar-refractivity contribution is 5.36. The summed E-state index contributed by atoms with van der Waals surface area (Å²) in [6.45, 7) is 2.38. The SMILES string of the molecule is CCOc1nc(NC)nc(NC2CCCCCC2O)n1. The second kappa shape index (κ2) is 7.23. The molecule has 1 aromatic rings. The molecule has 2 atom stereocenters. The fourth-order valence-corrected chi connectivity index (χ4v) is 2.35. The number of ether oxygens (including phenoxy) is 1. The molecule has 0 amide bonds. The lowest BCUT2D eigenvalue weighted by molar-refractivity contribution is 0.144. The lowest BCUT2D eigenvalue weighted by Crippen LogP contribution is -2.33. The molecule has 7 nitrogen and oxygen atoms in total. The first-order valence-corrected chi connectivity index (χ1v) is 7.24. The zero-order valence-corrected chi connectivity index (χ0v) is 12.1. The second-order valence-electron chi connectivity index (χ2n) is 4.90. The van der Waals surface area contributed by atoms with Gasteiger partial charge >= 0.3 is 6.01 Å². The first-order chi connectivity index (χ1) is 9.72. The summed E-state index contributed by atoms with van der Waals surface area (Å²) in [6, 6.07) is 0.275. The van der Waals surface area contributed by atoms with E-state index >= 15 is 0 Å². The van der Waals surface area contributed by atoms with Crippen LogP contribution >= 0.6 is 0 Å². The van der Waals surface area contributed by atoms with Gasteiger partial charge < -0.3 is 20.5 Å². The predicted octanol–water partition coefficient (Wildman–Crippen LogP) is 1.42. The molecule has 0 bridgehead atoms. The van der Waals surface area contributed by atoms with Crippen LogP contribution in [0.4, 0.5) is 11.9 Å². The number of rotatable bonds is 5. The van der Waals surface area contributed by atoms with Crippen LogP contribution in [-0.4, -0.2) is 45.9 Å². The predicted molar refractivity (Wildman–Crippen MR) is 77.0 cm³/mol. The van der Waals surface area contributed by atoms with E-state index in [0.717, 1.165) is 25.7 Å². The summed E-state index contributed by atoms with van der Waals surface area (Å²) >= 11 is 0. The van der Waals surface area contributed by atoms with E-state index in [-0.39, 0.29) is 18.2 Å². The molecule has 1 heterocycles. The number of hydrogen-bond acceptors (Lipinski definition) is 7. The second-order valence-corrected chi connectivity index (χ2v) is 4.90. The van der Waals surface area contributed by atoms with E-state index in [4.69, 9.17) is 4.74 Å². The van der Waals surface area contributed by atoms with Crippen molar-refractivity contribution in [3.63, 3.8) is 0 Å². The number of nitrogens with one attached hydrogen (secondary N) is 2. The number of aliphatic hydroxyl groups is 1. The van der Waals surface area contributed by atoms with Crippen molar-refractivity contribution in [1.29, 1.82) is 0 Å². The molecule has 1 aliphatic rings. The molecule has 2 rings (SSSR count). The maximum absolute atomic E-state index is 10.1. The molecule has 0 saturated heterocycles. The summed E-state index contributed by atoms with van der Waals surface area (Å²) < 4.78 is 5.32. The number of hydrogen-bond donors (Lipinski definition) is 3. The number of aromatic nitrogens is 3. The third-order valence-electron chi connectivity index (χ3n) is 3.41. The normalized spacial score (nSPS) is 22.9. The first-order valence-electron chi connectivity index (χ1n) is 7.24. The topological polar surface area (TPSA) is 92.2 Å². The van der Waals surface area contributed by atoms with Crippen molar-refractivity contribution in [2.75, 3.05) is 24.3 Å². The largest absolute Gasteiger partial charge is 0.464 e. The van der Waals surface area contributed by atoms with Gasteiger partial charge in [-0.1, -0.05) is 19.3 Å². The standard InChI is InChI=1S/C13H23N5O2/c1-3-20-13-17-11(14-2)16-12(18-13)15-9-7-5-4-6-8-10(9)19/h9-10,19H,3-8H2,1-2H3,(H2,14,15,16,17,18). The number of aliphatic hydroxyl groups excluding tert-OH is 1. The van der Waals surface area contributed by atoms with Gasteiger partial charge in [-0.3, -0.25) is 0 Å². The van der Waals surface area contributed by atoms with Crippen molar-refractivity contribution in [3.8, 4) is 6.01 Å². The van der Waals surface area contributed by atoms with E-state index in [1.807, 2.05) is 6.92 Å². The highest BCUT2D eigenvalue weighted by atomic mass is 16.5. The van der Waals surface area contributed by atoms with Crippen LogP contribution in [0.25, 0.3) is 0 Å². The van der Waals surface area contributed by atoms with Gasteiger partial charge in [-0.25, -0.2) is 0 Å². The molecule has 3 N–H and O–H groups in total. The molecule has 1 saturated carbocycles. The molecule has 7 heteroatoms. The van der Waals surface area contributed by atoms with Crippen LogP contribution in [0.2, 0.25) is 0 Å². The van der Waals surface area contributed by atoms with Crippen molar-refractivity contribution < 1.29 is 9.84 Å². The maximum Gasteiger partial charge on any atom is 0.323 e. The van der Waals surface area contributed by atoms with Gasteiger partial charge in [0.15, 0.2) is 0 Å². The quantitative estimate of drug-likeness (QED) is 0.703. The monoisotopic (exact) mass is 281 g/mol. The van der Waals surface area contributed by atoms with E-state index < -0.39 is 0 Å². The Morgan fingerprint density at radius 3 is 2.65 bits per heavy atom. The van der Waals surface area contributed by atoms with E-state index in [0.29, 0.717) is 18.5 Å². The Kier molecular flexibility index (Phi) is 5.34. The Balaban J connectivity index is 2.12. The fraction of sp³-hybridized carbons (Fsp3) is 0.769. The lowest BCUT2D eigenvalue weighted by atomic mass is 10.1. The molecule has 0 spiro atoms. The summed E-state index contributed by atoms with van der Waals surface area (Å²) in [5, 5.41) is 16.2. The summed E-state index contributed by atoms with van der Waals surface area (Å²) in [6.07, 6.45) is 4.73. The minimum atomic E-state index is -0.358. The average molecular weight is 281 g/mol. The highest BCUT2D eigenvalue weighted by Gasteiger charge is 2.22. The minimum absolute atomic E-state index is 0.0147. The Hall–Kier alpha value is -1.63. The van der Waals surface area contributed by atoms with Crippen LogP contribution in [0.15, 0.2) is 0 Å². The zero-order valence-electron chi connectivity index (χ0n) is 12.1. The third kappa shape index (κ3) is 3.93. The molecule has 1 aromatic heterocycles. The van der Waals surface area contributed by atoms with E-state index in [1.54, 1.807) is 7.05 Å². The molecule has 0 radical (unpaired) electrons. The van der Waals surface area contributed by atoms with Crippen LogP contribution in [0.5, 0.6) is 6.01 Å². The Morgan fingerprint density at radius 2 is 1.90 bits per heavy atom. The summed E-state index contributed by atoms with van der Waals surface area (Å²) in [5.74, 6) is 0.896. The Bertz CT molecular complexity index is 429. The molecular formula is C13H23N5O2. The van der Waals surface area contributed by atoms with E-state index in [9.17, 15) is 5.11 Å². The summed E-state index contributed by atoms with van der Waals surface area (Å²) in [5.41, 5.74) is 0. The fourth-order valence-electron chi connectivity index (χ4n) is 2.35.